The van der Waals surface area contributed by atoms with Gasteiger partial charge in [0, 0.05) is 24.4 Å². The van der Waals surface area contributed by atoms with E-state index in [1.54, 1.807) is 18.2 Å². The van der Waals surface area contributed by atoms with E-state index in [9.17, 15) is 4.79 Å². The number of oxime groups is 1. The van der Waals surface area contributed by atoms with Crippen LogP contribution in [0.1, 0.15) is 50.4 Å². The van der Waals surface area contributed by atoms with Gasteiger partial charge in [0.2, 0.25) is 0 Å². The average Bonchev–Trinajstić information content (AvgIpc) is 3.09. The molecule has 1 aromatic carbocycles. The van der Waals surface area contributed by atoms with Crippen LogP contribution >= 0.6 is 23.2 Å². The Hall–Kier alpha value is -2.51. The molecule has 0 spiro atoms. The Kier molecular flexibility index (Phi) is 7.62. The number of halogens is 2. The second kappa shape index (κ2) is 10.2. The van der Waals surface area contributed by atoms with Crippen LogP contribution in [0.15, 0.2) is 35.7 Å². The van der Waals surface area contributed by atoms with E-state index in [1.165, 1.54) is 12.4 Å². The molecule has 1 aliphatic heterocycles. The van der Waals surface area contributed by atoms with Crippen molar-refractivity contribution in [3.63, 3.8) is 0 Å². The molecule has 0 saturated carbocycles. The summed E-state index contributed by atoms with van der Waals surface area (Å²) in [5.74, 6) is 0.622. The Labute approximate surface area is 191 Å². The molecule has 7 nitrogen and oxygen atoms in total. The Bertz CT molecular complexity index is 963. The molecule has 166 valence electrons. The van der Waals surface area contributed by atoms with Crippen molar-refractivity contribution in [2.75, 3.05) is 18.5 Å². The standard InChI is InChI=1S/C22H25Cl2N3O4/c1-4-5-8-29-18-7-6-15(21(28)26-20-16(23)11-25-12-17(20)24)9-19(18)30-13-22(3)10-14(2)27-31-22/h6-7,9,11-12H,4-5,8,10,13H2,1-3H3,(H,25,26,28). The van der Waals surface area contributed by atoms with E-state index in [-0.39, 0.29) is 22.6 Å². The number of hydrogen-bond donors (Lipinski definition) is 1. The van der Waals surface area contributed by atoms with Gasteiger partial charge < -0.3 is 19.6 Å². The van der Waals surface area contributed by atoms with Crippen LogP contribution in [0.3, 0.4) is 0 Å². The number of pyridine rings is 1. The molecule has 0 aliphatic carbocycles. The number of amides is 1. The number of hydrogen-bond acceptors (Lipinski definition) is 6. The Morgan fingerprint density at radius 2 is 1.97 bits per heavy atom. The summed E-state index contributed by atoms with van der Waals surface area (Å²) in [4.78, 5) is 22.2. The molecule has 3 rings (SSSR count). The van der Waals surface area contributed by atoms with E-state index >= 15 is 0 Å². The Morgan fingerprint density at radius 3 is 2.61 bits per heavy atom. The van der Waals surface area contributed by atoms with Gasteiger partial charge in [0.25, 0.3) is 5.91 Å². The highest BCUT2D eigenvalue weighted by Gasteiger charge is 2.34. The Balaban J connectivity index is 1.79. The number of ether oxygens (including phenoxy) is 2. The molecule has 1 aromatic heterocycles. The molecule has 2 aromatic rings. The number of unbranched alkanes of at least 4 members (excludes halogenated alkanes) is 1. The summed E-state index contributed by atoms with van der Waals surface area (Å²) in [6.45, 7) is 6.73. The lowest BCUT2D eigenvalue weighted by Gasteiger charge is -2.23. The highest BCUT2D eigenvalue weighted by atomic mass is 35.5. The second-order valence-corrected chi connectivity index (χ2v) is 8.44. The number of nitrogens with one attached hydrogen (secondary N) is 1. The van der Waals surface area contributed by atoms with E-state index in [1.807, 2.05) is 13.8 Å². The maximum Gasteiger partial charge on any atom is 0.255 e. The third-order valence-corrected chi connectivity index (χ3v) is 5.21. The third kappa shape index (κ3) is 6.02. The molecule has 1 atom stereocenters. The normalized spacial score (nSPS) is 17.6. The molecular weight excluding hydrogens is 441 g/mol. The molecule has 0 fully saturated rings. The van der Waals surface area contributed by atoms with Crippen LogP contribution in [-0.4, -0.2) is 35.4 Å². The van der Waals surface area contributed by atoms with Gasteiger partial charge in [-0.05, 0) is 38.5 Å². The maximum absolute atomic E-state index is 12.8. The fraction of sp³-hybridized carbons (Fsp3) is 0.409. The maximum atomic E-state index is 12.8. The SMILES string of the molecule is CCCCOc1ccc(C(=O)Nc2c(Cl)cncc2Cl)cc1OCC1(C)CC(C)=NO1. The number of carbonyl (C=O) groups excluding carboxylic acids is 1. The first-order valence-electron chi connectivity index (χ1n) is 10.0. The summed E-state index contributed by atoms with van der Waals surface area (Å²) in [5, 5.41) is 7.22. The van der Waals surface area contributed by atoms with Gasteiger partial charge in [0.05, 0.1) is 28.1 Å². The quantitative estimate of drug-likeness (QED) is 0.476. The zero-order valence-corrected chi connectivity index (χ0v) is 19.2. The predicted octanol–water partition coefficient (Wildman–Crippen LogP) is 5.75. The Morgan fingerprint density at radius 1 is 1.23 bits per heavy atom. The average molecular weight is 466 g/mol. The minimum atomic E-state index is -0.568. The minimum Gasteiger partial charge on any atom is -0.490 e. The summed E-state index contributed by atoms with van der Waals surface area (Å²) < 4.78 is 11.9. The van der Waals surface area contributed by atoms with Gasteiger partial charge in [-0.1, -0.05) is 41.7 Å². The van der Waals surface area contributed by atoms with E-state index in [0.29, 0.717) is 35.8 Å². The van der Waals surface area contributed by atoms with Crippen molar-refractivity contribution in [3.05, 3.63) is 46.2 Å². The van der Waals surface area contributed by atoms with E-state index in [2.05, 4.69) is 22.4 Å². The highest BCUT2D eigenvalue weighted by molar-refractivity contribution is 6.39. The number of benzene rings is 1. The second-order valence-electron chi connectivity index (χ2n) is 7.63. The molecule has 1 aliphatic rings. The molecule has 31 heavy (non-hydrogen) atoms. The topological polar surface area (TPSA) is 82.0 Å². The first-order valence-corrected chi connectivity index (χ1v) is 10.8. The van der Waals surface area contributed by atoms with Gasteiger partial charge in [-0.3, -0.25) is 9.78 Å². The van der Waals surface area contributed by atoms with E-state index in [0.717, 1.165) is 18.6 Å². The molecule has 1 amide bonds. The van der Waals surface area contributed by atoms with Crippen molar-refractivity contribution >= 4 is 40.5 Å². The van der Waals surface area contributed by atoms with Gasteiger partial charge in [-0.15, -0.1) is 0 Å². The molecule has 2 heterocycles. The lowest BCUT2D eigenvalue weighted by atomic mass is 10.0. The highest BCUT2D eigenvalue weighted by Crippen LogP contribution is 2.33. The van der Waals surface area contributed by atoms with Gasteiger partial charge in [-0.25, -0.2) is 0 Å². The lowest BCUT2D eigenvalue weighted by Crippen LogP contribution is -2.32. The van der Waals surface area contributed by atoms with Gasteiger partial charge in [-0.2, -0.15) is 0 Å². The van der Waals surface area contributed by atoms with Crippen molar-refractivity contribution in [3.8, 4) is 11.5 Å². The zero-order valence-electron chi connectivity index (χ0n) is 17.7. The van der Waals surface area contributed by atoms with Crippen molar-refractivity contribution in [2.45, 2.75) is 45.6 Å². The van der Waals surface area contributed by atoms with Crippen LogP contribution in [0.25, 0.3) is 0 Å². The minimum absolute atomic E-state index is 0.249. The van der Waals surface area contributed by atoms with E-state index in [4.69, 9.17) is 37.5 Å². The molecule has 0 saturated heterocycles. The predicted molar refractivity (Wildman–Crippen MR) is 122 cm³/mol. The smallest absolute Gasteiger partial charge is 0.255 e. The third-order valence-electron chi connectivity index (χ3n) is 4.64. The van der Waals surface area contributed by atoms with Crippen LogP contribution in [0.2, 0.25) is 10.0 Å². The van der Waals surface area contributed by atoms with Gasteiger partial charge in [0.1, 0.15) is 6.61 Å². The van der Waals surface area contributed by atoms with Crippen molar-refractivity contribution in [1.29, 1.82) is 0 Å². The van der Waals surface area contributed by atoms with Crippen molar-refractivity contribution in [1.82, 2.24) is 4.98 Å². The molecule has 0 bridgehead atoms. The summed E-state index contributed by atoms with van der Waals surface area (Å²) in [6, 6.07) is 5.01. The van der Waals surface area contributed by atoms with Crippen molar-refractivity contribution in [2.24, 2.45) is 5.16 Å². The van der Waals surface area contributed by atoms with E-state index < -0.39 is 5.60 Å². The summed E-state index contributed by atoms with van der Waals surface area (Å²) in [6.07, 6.45) is 5.41. The first-order chi connectivity index (χ1) is 14.8. The summed E-state index contributed by atoms with van der Waals surface area (Å²) >= 11 is 12.2. The molecule has 9 heteroatoms. The molecule has 0 radical (unpaired) electrons. The van der Waals surface area contributed by atoms with Crippen LogP contribution in [0.5, 0.6) is 11.5 Å². The number of rotatable bonds is 9. The zero-order chi connectivity index (χ0) is 22.4. The lowest BCUT2D eigenvalue weighted by molar-refractivity contribution is -0.0362. The monoisotopic (exact) mass is 465 g/mol. The largest absolute Gasteiger partial charge is 0.490 e. The van der Waals surface area contributed by atoms with Crippen LogP contribution < -0.4 is 14.8 Å². The number of aromatic nitrogens is 1. The number of anilines is 1. The summed E-state index contributed by atoms with van der Waals surface area (Å²) in [7, 11) is 0. The fourth-order valence-electron chi connectivity index (χ4n) is 3.03. The van der Waals surface area contributed by atoms with Crippen molar-refractivity contribution < 1.29 is 19.1 Å². The van der Waals surface area contributed by atoms with Gasteiger partial charge in [0.15, 0.2) is 17.1 Å². The number of nitrogens with zero attached hydrogens (tertiary/aromatic N) is 2. The van der Waals surface area contributed by atoms with Crippen LogP contribution in [0.4, 0.5) is 5.69 Å². The molecular formula is C22H25Cl2N3O4. The van der Waals surface area contributed by atoms with Gasteiger partial charge >= 0.3 is 0 Å². The number of carbonyl (C=O) groups is 1. The fourth-order valence-corrected chi connectivity index (χ4v) is 3.49. The summed E-state index contributed by atoms with van der Waals surface area (Å²) in [5.41, 5.74) is 1.01. The molecule has 1 unspecified atom stereocenters. The molecule has 1 N–H and O–H groups in total. The van der Waals surface area contributed by atoms with Crippen LogP contribution in [0, 0.1) is 0 Å². The first kappa shape index (κ1) is 23.2. The van der Waals surface area contributed by atoms with Crippen LogP contribution in [-0.2, 0) is 4.84 Å².